The fraction of sp³-hybridized carbons (Fsp3) is 0.514. The first-order valence-corrected chi connectivity index (χ1v) is 17.1. The summed E-state index contributed by atoms with van der Waals surface area (Å²) in [7, 11) is 0. The van der Waals surface area contributed by atoms with Gasteiger partial charge >= 0.3 is 6.09 Å². The summed E-state index contributed by atoms with van der Waals surface area (Å²) in [4.78, 5) is 57.3. The molecule has 2 fully saturated rings. The average molecular weight is 672 g/mol. The van der Waals surface area contributed by atoms with Crippen molar-refractivity contribution in [3.8, 4) is 5.75 Å². The van der Waals surface area contributed by atoms with Gasteiger partial charge in [-0.1, -0.05) is 6.07 Å². The number of aryl methyl sites for hydroxylation is 3. The van der Waals surface area contributed by atoms with Gasteiger partial charge in [0.2, 0.25) is 0 Å². The number of benzene rings is 1. The molecule has 3 heterocycles. The van der Waals surface area contributed by atoms with Gasteiger partial charge in [-0.3, -0.25) is 19.5 Å². The SMILES string of the molecule is CCNC(=O)c1cc(C(=O)Nc2nc(C)ncc2C)c(C)cc1O[C@H](CN1CCN(C(=O)OC(C)(C)C)[C@H](C)C1)c1ccc(C2CC2)cn1. The van der Waals surface area contributed by atoms with Gasteiger partial charge in [-0.05, 0) is 103 Å². The Balaban J connectivity index is 1.43. The molecule has 1 aliphatic heterocycles. The molecule has 262 valence electrons. The molecule has 2 aliphatic rings. The van der Waals surface area contributed by atoms with E-state index in [0.29, 0.717) is 67.2 Å². The first kappa shape index (κ1) is 35.7. The number of aromatic nitrogens is 3. The van der Waals surface area contributed by atoms with E-state index in [0.717, 1.165) is 11.3 Å². The molecule has 5 rings (SSSR count). The van der Waals surface area contributed by atoms with Gasteiger partial charge in [0, 0.05) is 62.3 Å². The van der Waals surface area contributed by atoms with Gasteiger partial charge in [0.05, 0.1) is 11.3 Å². The average Bonchev–Trinajstić information content (AvgIpc) is 3.88. The van der Waals surface area contributed by atoms with Crippen molar-refractivity contribution in [2.24, 2.45) is 0 Å². The zero-order valence-electron chi connectivity index (χ0n) is 29.9. The number of nitrogens with zero attached hydrogens (tertiary/aromatic N) is 5. The van der Waals surface area contributed by atoms with Crippen LogP contribution in [-0.4, -0.2) is 87.0 Å². The lowest BCUT2D eigenvalue weighted by atomic mass is 10.0. The first-order chi connectivity index (χ1) is 23.2. The van der Waals surface area contributed by atoms with Crippen LogP contribution in [0, 0.1) is 20.8 Å². The standard InChI is InChI=1S/C37H49N7O5/c1-9-38-34(45)29-17-28(35(46)42-33-23(3)18-39-25(5)41-33)22(2)16-31(29)48-32(30-13-12-27(19-40-30)26-10-11-26)21-43-14-15-44(24(4)20-43)36(47)49-37(6,7)8/h12-13,16-19,24,26,32H,9-11,14-15,20-21H2,1-8H3,(H,38,45)(H,39,41,42,46)/t24-,32-/m1/s1. The quantitative estimate of drug-likeness (QED) is 0.276. The Kier molecular flexibility index (Phi) is 10.9. The van der Waals surface area contributed by atoms with Crippen LogP contribution in [0.15, 0.2) is 36.7 Å². The van der Waals surface area contributed by atoms with Crippen molar-refractivity contribution in [1.29, 1.82) is 0 Å². The van der Waals surface area contributed by atoms with Gasteiger partial charge in [-0.15, -0.1) is 0 Å². The third-order valence-electron chi connectivity index (χ3n) is 8.70. The van der Waals surface area contributed by atoms with E-state index in [1.54, 1.807) is 30.2 Å². The summed E-state index contributed by atoms with van der Waals surface area (Å²) in [6.45, 7) is 17.5. The summed E-state index contributed by atoms with van der Waals surface area (Å²) >= 11 is 0. The van der Waals surface area contributed by atoms with Crippen LogP contribution < -0.4 is 15.4 Å². The lowest BCUT2D eigenvalue weighted by molar-refractivity contribution is -0.00317. The minimum absolute atomic E-state index is 0.0808. The maximum Gasteiger partial charge on any atom is 0.410 e. The van der Waals surface area contributed by atoms with Gasteiger partial charge in [-0.2, -0.15) is 0 Å². The zero-order valence-corrected chi connectivity index (χ0v) is 29.9. The smallest absolute Gasteiger partial charge is 0.410 e. The molecule has 12 nitrogen and oxygen atoms in total. The maximum atomic E-state index is 13.5. The number of nitrogens with one attached hydrogen (secondary N) is 2. The third kappa shape index (κ3) is 9.11. The fourth-order valence-corrected chi connectivity index (χ4v) is 5.92. The van der Waals surface area contributed by atoms with Gasteiger partial charge in [0.1, 0.15) is 23.0 Å². The molecule has 2 aromatic heterocycles. The molecule has 0 unspecified atom stereocenters. The minimum Gasteiger partial charge on any atom is -0.482 e. The molecule has 1 aromatic carbocycles. The normalized spacial score (nSPS) is 17.3. The van der Waals surface area contributed by atoms with Crippen LogP contribution in [-0.2, 0) is 4.74 Å². The Morgan fingerprint density at radius 1 is 0.980 bits per heavy atom. The highest BCUT2D eigenvalue weighted by atomic mass is 16.6. The van der Waals surface area contributed by atoms with Crippen LogP contribution in [0.4, 0.5) is 10.6 Å². The second kappa shape index (κ2) is 14.9. The summed E-state index contributed by atoms with van der Waals surface area (Å²) in [6.07, 6.45) is 5.07. The number of piperazine rings is 1. The topological polar surface area (TPSA) is 139 Å². The Bertz CT molecular complexity index is 1680. The molecular formula is C37H49N7O5. The Morgan fingerprint density at radius 3 is 2.37 bits per heavy atom. The van der Waals surface area contributed by atoms with E-state index in [9.17, 15) is 14.4 Å². The number of carbonyl (C=O) groups is 3. The molecule has 2 N–H and O–H groups in total. The summed E-state index contributed by atoms with van der Waals surface area (Å²) in [5, 5.41) is 5.74. The molecule has 0 radical (unpaired) electrons. The van der Waals surface area contributed by atoms with Crippen LogP contribution in [0.3, 0.4) is 0 Å². The van der Waals surface area contributed by atoms with Crippen LogP contribution in [0.5, 0.6) is 5.75 Å². The number of carbonyl (C=O) groups excluding carboxylic acids is 3. The van der Waals surface area contributed by atoms with Crippen molar-refractivity contribution >= 4 is 23.7 Å². The number of hydrogen-bond acceptors (Lipinski definition) is 9. The maximum absolute atomic E-state index is 13.5. The van der Waals surface area contributed by atoms with Gasteiger partial charge < -0.3 is 25.0 Å². The molecular weight excluding hydrogens is 622 g/mol. The number of pyridine rings is 1. The van der Waals surface area contributed by atoms with Crippen molar-refractivity contribution in [1.82, 2.24) is 30.1 Å². The predicted octanol–water partition coefficient (Wildman–Crippen LogP) is 5.74. The molecule has 1 saturated carbocycles. The van der Waals surface area contributed by atoms with Crippen molar-refractivity contribution in [2.45, 2.75) is 91.9 Å². The number of hydrogen-bond donors (Lipinski definition) is 2. The van der Waals surface area contributed by atoms with Gasteiger partial charge in [-0.25, -0.2) is 14.8 Å². The molecule has 1 saturated heterocycles. The van der Waals surface area contributed by atoms with Crippen molar-refractivity contribution in [2.75, 3.05) is 38.0 Å². The van der Waals surface area contributed by atoms with Crippen LogP contribution in [0.25, 0.3) is 0 Å². The largest absolute Gasteiger partial charge is 0.482 e. The van der Waals surface area contributed by atoms with Gasteiger partial charge in [0.25, 0.3) is 11.8 Å². The summed E-state index contributed by atoms with van der Waals surface area (Å²) in [5.41, 5.74) is 3.32. The second-order valence-electron chi connectivity index (χ2n) is 14.1. The molecule has 1 aliphatic carbocycles. The molecule has 49 heavy (non-hydrogen) atoms. The van der Waals surface area contributed by atoms with Crippen LogP contribution in [0.2, 0.25) is 0 Å². The molecule has 0 bridgehead atoms. The van der Waals surface area contributed by atoms with E-state index in [2.05, 4.69) is 31.6 Å². The summed E-state index contributed by atoms with van der Waals surface area (Å²) in [6, 6.07) is 7.36. The Labute approximate surface area is 289 Å². The Hall–Kier alpha value is -4.58. The van der Waals surface area contributed by atoms with E-state index in [1.165, 1.54) is 18.4 Å². The van der Waals surface area contributed by atoms with Crippen molar-refractivity contribution < 1.29 is 23.9 Å². The number of rotatable bonds is 10. The highest BCUT2D eigenvalue weighted by Crippen LogP contribution is 2.40. The third-order valence-corrected chi connectivity index (χ3v) is 8.70. The first-order valence-electron chi connectivity index (χ1n) is 17.1. The zero-order chi connectivity index (χ0) is 35.5. The second-order valence-corrected chi connectivity index (χ2v) is 14.1. The molecule has 12 heteroatoms. The van der Waals surface area contributed by atoms with Crippen LogP contribution >= 0.6 is 0 Å². The van der Waals surface area contributed by atoms with Gasteiger partial charge in [0.15, 0.2) is 6.10 Å². The molecule has 0 spiro atoms. The molecule has 3 amide bonds. The lowest BCUT2D eigenvalue weighted by Crippen LogP contribution is -2.55. The fourth-order valence-electron chi connectivity index (χ4n) is 5.92. The molecule has 2 atom stereocenters. The van der Waals surface area contributed by atoms with Crippen molar-refractivity contribution in [3.63, 3.8) is 0 Å². The minimum atomic E-state index is -0.574. The number of amides is 3. The summed E-state index contributed by atoms with van der Waals surface area (Å²) in [5.74, 6) is 1.13. The van der Waals surface area contributed by atoms with E-state index in [4.69, 9.17) is 14.5 Å². The Morgan fingerprint density at radius 2 is 1.73 bits per heavy atom. The van der Waals surface area contributed by atoms with E-state index in [-0.39, 0.29) is 29.5 Å². The van der Waals surface area contributed by atoms with Crippen LogP contribution in [0.1, 0.15) is 108 Å². The highest BCUT2D eigenvalue weighted by Gasteiger charge is 2.33. The lowest BCUT2D eigenvalue weighted by Gasteiger charge is -2.41. The molecule has 3 aromatic rings. The number of ether oxygens (including phenoxy) is 2. The monoisotopic (exact) mass is 671 g/mol. The van der Waals surface area contributed by atoms with E-state index >= 15 is 0 Å². The highest BCUT2D eigenvalue weighted by molar-refractivity contribution is 6.07. The van der Waals surface area contributed by atoms with E-state index in [1.807, 2.05) is 60.7 Å². The summed E-state index contributed by atoms with van der Waals surface area (Å²) < 4.78 is 12.4. The van der Waals surface area contributed by atoms with Crippen molar-refractivity contribution in [3.05, 3.63) is 76.0 Å². The van der Waals surface area contributed by atoms with E-state index < -0.39 is 11.7 Å². The number of anilines is 1. The predicted molar refractivity (Wildman–Crippen MR) is 187 cm³/mol.